The Balaban J connectivity index is 2.17. The third kappa shape index (κ3) is 4.43. The van der Waals surface area contributed by atoms with E-state index in [0.717, 1.165) is 12.8 Å². The van der Waals surface area contributed by atoms with E-state index in [-0.39, 0.29) is 11.2 Å². The van der Waals surface area contributed by atoms with E-state index in [1.54, 1.807) is 39.0 Å². The molecule has 1 aromatic carbocycles. The van der Waals surface area contributed by atoms with Gasteiger partial charge in [0.05, 0.1) is 5.69 Å². The fourth-order valence-corrected chi connectivity index (χ4v) is 2.04. The molecule has 0 atom stereocenters. The molecular weight excluding hydrogens is 271 g/mol. The van der Waals surface area contributed by atoms with E-state index in [1.807, 2.05) is 0 Å². The van der Waals surface area contributed by atoms with E-state index in [9.17, 15) is 9.18 Å². The van der Waals surface area contributed by atoms with Gasteiger partial charge in [-0.05, 0) is 52.2 Å². The van der Waals surface area contributed by atoms with Crippen LogP contribution in [0.15, 0.2) is 24.3 Å². The maximum Gasteiger partial charge on any atom is 0.414 e. The number of hydrogen-bond acceptors (Lipinski definition) is 3. The molecule has 1 aliphatic carbocycles. The molecule has 0 bridgehead atoms. The van der Waals surface area contributed by atoms with Crippen LogP contribution in [0.2, 0.25) is 0 Å². The largest absolute Gasteiger partial charge is 0.443 e. The molecule has 5 heteroatoms. The average Bonchev–Trinajstić information content (AvgIpc) is 3.08. The molecule has 0 aromatic heterocycles. The van der Waals surface area contributed by atoms with E-state index in [0.29, 0.717) is 13.0 Å². The Morgan fingerprint density at radius 3 is 2.52 bits per heavy atom. The van der Waals surface area contributed by atoms with Gasteiger partial charge in [0.15, 0.2) is 0 Å². The second-order valence-corrected chi connectivity index (χ2v) is 6.70. The third-order valence-corrected chi connectivity index (χ3v) is 3.48. The van der Waals surface area contributed by atoms with Crippen molar-refractivity contribution in [2.24, 2.45) is 5.73 Å². The van der Waals surface area contributed by atoms with E-state index in [2.05, 4.69) is 0 Å². The number of benzene rings is 1. The van der Waals surface area contributed by atoms with Crippen LogP contribution in [-0.2, 0) is 4.74 Å². The van der Waals surface area contributed by atoms with Gasteiger partial charge in [0.2, 0.25) is 0 Å². The first-order valence-corrected chi connectivity index (χ1v) is 7.24. The number of nitrogens with zero attached hydrogens (tertiary/aromatic N) is 1. The van der Waals surface area contributed by atoms with E-state index >= 15 is 0 Å². The summed E-state index contributed by atoms with van der Waals surface area (Å²) in [4.78, 5) is 13.7. The van der Waals surface area contributed by atoms with Crippen LogP contribution < -0.4 is 10.6 Å². The molecule has 0 spiro atoms. The second-order valence-electron chi connectivity index (χ2n) is 6.70. The molecule has 1 aromatic rings. The average molecular weight is 294 g/mol. The van der Waals surface area contributed by atoms with Crippen molar-refractivity contribution in [1.82, 2.24) is 0 Å². The molecule has 0 radical (unpaired) electrons. The Kier molecular flexibility index (Phi) is 4.23. The first-order chi connectivity index (χ1) is 9.70. The summed E-state index contributed by atoms with van der Waals surface area (Å²) in [5, 5.41) is 0. The van der Waals surface area contributed by atoms with Crippen molar-refractivity contribution in [2.75, 3.05) is 11.4 Å². The number of hydrogen-bond donors (Lipinski definition) is 1. The minimum atomic E-state index is -0.624. The Bertz CT molecular complexity index is 521. The molecule has 116 valence electrons. The smallest absolute Gasteiger partial charge is 0.414 e. The zero-order valence-corrected chi connectivity index (χ0v) is 12.9. The van der Waals surface area contributed by atoms with Crippen molar-refractivity contribution < 1.29 is 13.9 Å². The molecule has 1 saturated carbocycles. The monoisotopic (exact) mass is 294 g/mol. The molecule has 2 rings (SSSR count). The molecule has 0 heterocycles. The van der Waals surface area contributed by atoms with Gasteiger partial charge < -0.3 is 10.5 Å². The van der Waals surface area contributed by atoms with Gasteiger partial charge in [-0.2, -0.15) is 0 Å². The van der Waals surface area contributed by atoms with E-state index in [4.69, 9.17) is 10.5 Å². The highest BCUT2D eigenvalue weighted by Gasteiger charge is 2.39. The lowest BCUT2D eigenvalue weighted by Gasteiger charge is -2.28. The normalized spacial score (nSPS) is 16.4. The zero-order chi connectivity index (χ0) is 15.7. The van der Waals surface area contributed by atoms with Crippen molar-refractivity contribution in [1.29, 1.82) is 0 Å². The fourth-order valence-electron chi connectivity index (χ4n) is 2.04. The van der Waals surface area contributed by atoms with Crippen LogP contribution in [0.1, 0.15) is 40.0 Å². The molecule has 0 aliphatic heterocycles. The van der Waals surface area contributed by atoms with Gasteiger partial charge in [0.1, 0.15) is 11.4 Å². The molecule has 21 heavy (non-hydrogen) atoms. The van der Waals surface area contributed by atoms with Crippen LogP contribution in [0.25, 0.3) is 0 Å². The molecule has 0 unspecified atom stereocenters. The topological polar surface area (TPSA) is 55.6 Å². The SMILES string of the molecule is CC(C)(C)OC(=O)N(CCC1(N)CC1)c1ccccc1F. The number of rotatable bonds is 4. The lowest BCUT2D eigenvalue weighted by Crippen LogP contribution is -2.40. The van der Waals surface area contributed by atoms with E-state index < -0.39 is 17.5 Å². The lowest BCUT2D eigenvalue weighted by molar-refractivity contribution is 0.0578. The van der Waals surface area contributed by atoms with Crippen molar-refractivity contribution in [3.63, 3.8) is 0 Å². The number of ether oxygens (including phenoxy) is 1. The minimum absolute atomic E-state index is 0.203. The highest BCUT2D eigenvalue weighted by atomic mass is 19.1. The van der Waals surface area contributed by atoms with Gasteiger partial charge >= 0.3 is 6.09 Å². The van der Waals surface area contributed by atoms with Gasteiger partial charge in [-0.3, -0.25) is 4.90 Å². The maximum atomic E-state index is 14.0. The third-order valence-electron chi connectivity index (χ3n) is 3.48. The number of halogens is 1. The van der Waals surface area contributed by atoms with Gasteiger partial charge in [-0.1, -0.05) is 12.1 Å². The summed E-state index contributed by atoms with van der Waals surface area (Å²) >= 11 is 0. The van der Waals surface area contributed by atoms with Crippen LogP contribution in [0.4, 0.5) is 14.9 Å². The highest BCUT2D eigenvalue weighted by Crippen LogP contribution is 2.36. The molecule has 2 N–H and O–H groups in total. The van der Waals surface area contributed by atoms with Crippen molar-refractivity contribution in [2.45, 2.75) is 51.2 Å². The Hall–Kier alpha value is -1.62. The predicted octanol–water partition coefficient (Wildman–Crippen LogP) is 3.45. The van der Waals surface area contributed by atoms with Gasteiger partial charge in [0, 0.05) is 12.1 Å². The Labute approximate surface area is 125 Å². The summed E-state index contributed by atoms with van der Waals surface area (Å²) in [5.74, 6) is -0.440. The summed E-state index contributed by atoms with van der Waals surface area (Å²) < 4.78 is 19.4. The summed E-state index contributed by atoms with van der Waals surface area (Å²) in [5.41, 5.74) is 5.47. The highest BCUT2D eigenvalue weighted by molar-refractivity contribution is 5.88. The molecule has 1 fully saturated rings. The van der Waals surface area contributed by atoms with Crippen molar-refractivity contribution >= 4 is 11.8 Å². The van der Waals surface area contributed by atoms with Crippen LogP contribution in [0.5, 0.6) is 0 Å². The molecule has 1 amide bonds. The van der Waals surface area contributed by atoms with Crippen molar-refractivity contribution in [3.05, 3.63) is 30.1 Å². The lowest BCUT2D eigenvalue weighted by atomic mass is 10.1. The van der Waals surface area contributed by atoms with Crippen molar-refractivity contribution in [3.8, 4) is 0 Å². The van der Waals surface area contributed by atoms with Gasteiger partial charge in [-0.15, -0.1) is 0 Å². The first-order valence-electron chi connectivity index (χ1n) is 7.24. The number of amides is 1. The molecule has 0 saturated heterocycles. The fraction of sp³-hybridized carbons (Fsp3) is 0.562. The molecule has 4 nitrogen and oxygen atoms in total. The zero-order valence-electron chi connectivity index (χ0n) is 12.9. The Morgan fingerprint density at radius 2 is 2.00 bits per heavy atom. The summed E-state index contributed by atoms with van der Waals surface area (Å²) in [6, 6.07) is 6.21. The summed E-state index contributed by atoms with van der Waals surface area (Å²) in [7, 11) is 0. The Morgan fingerprint density at radius 1 is 1.38 bits per heavy atom. The quantitative estimate of drug-likeness (QED) is 0.925. The van der Waals surface area contributed by atoms with Crippen LogP contribution in [-0.4, -0.2) is 23.8 Å². The van der Waals surface area contributed by atoms with Gasteiger partial charge in [0.25, 0.3) is 0 Å². The number of carbonyl (C=O) groups excluding carboxylic acids is 1. The second kappa shape index (κ2) is 5.64. The minimum Gasteiger partial charge on any atom is -0.443 e. The number of anilines is 1. The number of nitrogens with two attached hydrogens (primary N) is 1. The maximum absolute atomic E-state index is 14.0. The number of para-hydroxylation sites is 1. The van der Waals surface area contributed by atoms with Gasteiger partial charge in [-0.25, -0.2) is 9.18 Å². The first kappa shape index (κ1) is 15.8. The van der Waals surface area contributed by atoms with Crippen LogP contribution in [0, 0.1) is 5.82 Å². The number of carbonyl (C=O) groups is 1. The standard InChI is InChI=1S/C16H23FN2O2/c1-15(2,3)21-14(20)19(11-10-16(18)8-9-16)13-7-5-4-6-12(13)17/h4-7H,8-11,18H2,1-3H3. The van der Waals surface area contributed by atoms with Crippen LogP contribution in [0.3, 0.4) is 0 Å². The predicted molar refractivity (Wildman–Crippen MR) is 80.7 cm³/mol. The molecular formula is C16H23FN2O2. The molecule has 1 aliphatic rings. The summed E-state index contributed by atoms with van der Waals surface area (Å²) in [6.07, 6.45) is 2.00. The van der Waals surface area contributed by atoms with Crippen LogP contribution >= 0.6 is 0 Å². The summed E-state index contributed by atoms with van der Waals surface area (Å²) in [6.45, 7) is 5.72. The van der Waals surface area contributed by atoms with E-state index in [1.165, 1.54) is 11.0 Å².